The van der Waals surface area contributed by atoms with Gasteiger partial charge in [-0.05, 0) is 36.6 Å². The number of para-hydroxylation sites is 1. The number of aryl methyl sites for hydroxylation is 2. The summed E-state index contributed by atoms with van der Waals surface area (Å²) in [6.07, 6.45) is 3.39. The Balaban J connectivity index is 1.67. The maximum atomic E-state index is 12.6. The molecule has 2 heterocycles. The number of pyridine rings is 1. The Labute approximate surface area is 147 Å². The molecule has 0 bridgehead atoms. The predicted molar refractivity (Wildman–Crippen MR) is 95.5 cm³/mol. The highest BCUT2D eigenvalue weighted by Crippen LogP contribution is 2.19. The normalized spacial score (nSPS) is 17.3. The standard InChI is InChI=1S/C19H23N3O3/c23-13-17-14-25-12-11-22(17)19(24)21-18-7-2-1-5-15(18)8-9-16-6-3-4-10-20-16/h1-7,10,17,23H,8-9,11-14H2,(H,21,24)/t17-/m0/s1. The van der Waals surface area contributed by atoms with Crippen molar-refractivity contribution in [1.82, 2.24) is 9.88 Å². The first kappa shape index (κ1) is 17.4. The second-order valence-corrected chi connectivity index (χ2v) is 6.01. The van der Waals surface area contributed by atoms with Gasteiger partial charge in [0, 0.05) is 24.1 Å². The average molecular weight is 341 g/mol. The third kappa shape index (κ3) is 4.55. The second-order valence-electron chi connectivity index (χ2n) is 6.01. The van der Waals surface area contributed by atoms with Crippen LogP contribution in [-0.4, -0.2) is 53.4 Å². The topological polar surface area (TPSA) is 74.7 Å². The Hall–Kier alpha value is -2.44. The SMILES string of the molecule is O=C(Nc1ccccc1CCc1ccccn1)N1CCOC[C@@H]1CO. The molecule has 132 valence electrons. The van der Waals surface area contributed by atoms with Crippen LogP contribution in [0.1, 0.15) is 11.3 Å². The van der Waals surface area contributed by atoms with E-state index in [2.05, 4.69) is 10.3 Å². The summed E-state index contributed by atoms with van der Waals surface area (Å²) in [5, 5.41) is 12.4. The summed E-state index contributed by atoms with van der Waals surface area (Å²) in [5.41, 5.74) is 2.89. The lowest BCUT2D eigenvalue weighted by molar-refractivity contribution is -0.00485. The van der Waals surface area contributed by atoms with E-state index in [1.807, 2.05) is 42.5 Å². The van der Waals surface area contributed by atoms with E-state index in [1.165, 1.54) is 0 Å². The molecule has 1 aliphatic heterocycles. The molecule has 1 fully saturated rings. The highest BCUT2D eigenvalue weighted by molar-refractivity contribution is 5.90. The van der Waals surface area contributed by atoms with Crippen LogP contribution < -0.4 is 5.32 Å². The van der Waals surface area contributed by atoms with Gasteiger partial charge in [-0.25, -0.2) is 4.79 Å². The molecular formula is C19H23N3O3. The lowest BCUT2D eigenvalue weighted by Gasteiger charge is -2.34. The quantitative estimate of drug-likeness (QED) is 0.873. The van der Waals surface area contributed by atoms with Crippen LogP contribution in [0, 0.1) is 0 Å². The van der Waals surface area contributed by atoms with E-state index in [4.69, 9.17) is 4.74 Å². The average Bonchev–Trinajstić information content (AvgIpc) is 2.68. The number of morpholine rings is 1. The fraction of sp³-hybridized carbons (Fsp3) is 0.368. The molecule has 6 heteroatoms. The van der Waals surface area contributed by atoms with Gasteiger partial charge in [0.05, 0.1) is 25.9 Å². The van der Waals surface area contributed by atoms with Gasteiger partial charge in [0.15, 0.2) is 0 Å². The Morgan fingerprint density at radius 2 is 2.08 bits per heavy atom. The van der Waals surface area contributed by atoms with Crippen molar-refractivity contribution in [2.45, 2.75) is 18.9 Å². The number of carbonyl (C=O) groups excluding carboxylic acids is 1. The van der Waals surface area contributed by atoms with Crippen molar-refractivity contribution in [3.63, 3.8) is 0 Å². The van der Waals surface area contributed by atoms with E-state index in [0.717, 1.165) is 29.8 Å². The van der Waals surface area contributed by atoms with Gasteiger partial charge in [-0.2, -0.15) is 0 Å². The van der Waals surface area contributed by atoms with Crippen molar-refractivity contribution in [1.29, 1.82) is 0 Å². The van der Waals surface area contributed by atoms with Crippen LogP contribution in [0.2, 0.25) is 0 Å². The number of aromatic nitrogens is 1. The largest absolute Gasteiger partial charge is 0.394 e. The Kier molecular flexibility index (Phi) is 5.98. The molecule has 1 saturated heterocycles. The zero-order valence-electron chi connectivity index (χ0n) is 14.1. The first-order valence-electron chi connectivity index (χ1n) is 8.52. The third-order valence-electron chi connectivity index (χ3n) is 4.33. The number of urea groups is 1. The van der Waals surface area contributed by atoms with Gasteiger partial charge < -0.3 is 20.1 Å². The number of benzene rings is 1. The summed E-state index contributed by atoms with van der Waals surface area (Å²) in [5.74, 6) is 0. The molecule has 3 rings (SSSR count). The van der Waals surface area contributed by atoms with Crippen molar-refractivity contribution in [2.75, 3.05) is 31.7 Å². The van der Waals surface area contributed by atoms with Gasteiger partial charge in [0.2, 0.25) is 0 Å². The van der Waals surface area contributed by atoms with Crippen molar-refractivity contribution < 1.29 is 14.6 Å². The first-order valence-corrected chi connectivity index (χ1v) is 8.52. The van der Waals surface area contributed by atoms with Crippen LogP contribution in [0.25, 0.3) is 0 Å². The van der Waals surface area contributed by atoms with Crippen LogP contribution in [0.3, 0.4) is 0 Å². The molecule has 1 aromatic carbocycles. The molecule has 0 radical (unpaired) electrons. The van der Waals surface area contributed by atoms with Crippen molar-refractivity contribution in [3.8, 4) is 0 Å². The predicted octanol–water partition coefficient (Wildman–Crippen LogP) is 2.09. The number of aliphatic hydroxyl groups is 1. The molecule has 2 amide bonds. The Morgan fingerprint density at radius 1 is 1.24 bits per heavy atom. The molecule has 0 spiro atoms. The van der Waals surface area contributed by atoms with E-state index < -0.39 is 0 Å². The minimum Gasteiger partial charge on any atom is -0.394 e. The number of hydrogen-bond acceptors (Lipinski definition) is 4. The fourth-order valence-corrected chi connectivity index (χ4v) is 2.93. The number of nitrogens with one attached hydrogen (secondary N) is 1. The molecule has 0 aliphatic carbocycles. The van der Waals surface area contributed by atoms with Crippen LogP contribution in [0.5, 0.6) is 0 Å². The number of ether oxygens (including phenoxy) is 1. The van der Waals surface area contributed by atoms with Gasteiger partial charge in [-0.1, -0.05) is 24.3 Å². The van der Waals surface area contributed by atoms with E-state index in [-0.39, 0.29) is 18.7 Å². The molecule has 0 saturated carbocycles. The molecule has 6 nitrogen and oxygen atoms in total. The molecule has 0 unspecified atom stereocenters. The van der Waals surface area contributed by atoms with Gasteiger partial charge in [0.1, 0.15) is 0 Å². The van der Waals surface area contributed by atoms with Gasteiger partial charge >= 0.3 is 6.03 Å². The van der Waals surface area contributed by atoms with Gasteiger partial charge in [-0.15, -0.1) is 0 Å². The highest BCUT2D eigenvalue weighted by atomic mass is 16.5. The van der Waals surface area contributed by atoms with Crippen LogP contribution in [0.15, 0.2) is 48.7 Å². The lowest BCUT2D eigenvalue weighted by Crippen LogP contribution is -2.52. The zero-order valence-corrected chi connectivity index (χ0v) is 14.1. The van der Waals surface area contributed by atoms with E-state index in [9.17, 15) is 9.90 Å². The van der Waals surface area contributed by atoms with Crippen LogP contribution >= 0.6 is 0 Å². The smallest absolute Gasteiger partial charge is 0.322 e. The van der Waals surface area contributed by atoms with E-state index >= 15 is 0 Å². The molecule has 1 aliphatic rings. The number of amides is 2. The molecule has 1 atom stereocenters. The number of aliphatic hydroxyl groups excluding tert-OH is 1. The number of hydrogen-bond donors (Lipinski definition) is 2. The van der Waals surface area contributed by atoms with E-state index in [1.54, 1.807) is 11.1 Å². The van der Waals surface area contributed by atoms with E-state index in [0.29, 0.717) is 19.8 Å². The van der Waals surface area contributed by atoms with Crippen LogP contribution in [-0.2, 0) is 17.6 Å². The number of anilines is 1. The van der Waals surface area contributed by atoms with Crippen molar-refractivity contribution in [3.05, 3.63) is 59.9 Å². The minimum absolute atomic E-state index is 0.102. The maximum absolute atomic E-state index is 12.6. The lowest BCUT2D eigenvalue weighted by atomic mass is 10.1. The summed E-state index contributed by atoms with van der Waals surface area (Å²) in [6.45, 7) is 1.23. The Morgan fingerprint density at radius 3 is 2.88 bits per heavy atom. The monoisotopic (exact) mass is 341 g/mol. The van der Waals surface area contributed by atoms with Crippen molar-refractivity contribution >= 4 is 11.7 Å². The fourth-order valence-electron chi connectivity index (χ4n) is 2.93. The molecule has 1 aromatic heterocycles. The maximum Gasteiger partial charge on any atom is 0.322 e. The van der Waals surface area contributed by atoms with Gasteiger partial charge in [-0.3, -0.25) is 4.98 Å². The summed E-state index contributed by atoms with van der Waals surface area (Å²) >= 11 is 0. The highest BCUT2D eigenvalue weighted by Gasteiger charge is 2.27. The zero-order chi connectivity index (χ0) is 17.5. The molecule has 25 heavy (non-hydrogen) atoms. The second kappa shape index (κ2) is 8.60. The summed E-state index contributed by atoms with van der Waals surface area (Å²) < 4.78 is 5.33. The summed E-state index contributed by atoms with van der Waals surface area (Å²) in [4.78, 5) is 18.6. The summed E-state index contributed by atoms with van der Waals surface area (Å²) in [7, 11) is 0. The molecular weight excluding hydrogens is 318 g/mol. The molecule has 2 aromatic rings. The Bertz CT molecular complexity index is 693. The summed E-state index contributed by atoms with van der Waals surface area (Å²) in [6, 6.07) is 13.2. The number of carbonyl (C=O) groups is 1. The number of nitrogens with zero attached hydrogens (tertiary/aromatic N) is 2. The van der Waals surface area contributed by atoms with Gasteiger partial charge in [0.25, 0.3) is 0 Å². The third-order valence-corrected chi connectivity index (χ3v) is 4.33. The molecule has 2 N–H and O–H groups in total. The first-order chi connectivity index (χ1) is 12.3. The minimum atomic E-state index is -0.297. The number of rotatable bonds is 5. The van der Waals surface area contributed by atoms with Crippen molar-refractivity contribution in [2.24, 2.45) is 0 Å². The van der Waals surface area contributed by atoms with Crippen LogP contribution in [0.4, 0.5) is 10.5 Å².